The third-order valence-electron chi connectivity index (χ3n) is 5.49. The molecule has 0 radical (unpaired) electrons. The molecule has 28 heavy (non-hydrogen) atoms. The van der Waals surface area contributed by atoms with Crippen molar-refractivity contribution in [2.75, 3.05) is 31.6 Å². The Hall–Kier alpha value is -2.31. The molecule has 1 unspecified atom stereocenters. The van der Waals surface area contributed by atoms with E-state index in [2.05, 4.69) is 5.32 Å². The first-order valence-corrected chi connectivity index (χ1v) is 9.56. The van der Waals surface area contributed by atoms with Crippen molar-refractivity contribution in [3.8, 4) is 0 Å². The number of fused-ring (bicyclic) bond motifs is 1. The summed E-state index contributed by atoms with van der Waals surface area (Å²) in [5.41, 5.74) is 2.72. The van der Waals surface area contributed by atoms with Crippen LogP contribution in [-0.2, 0) is 17.8 Å². The smallest absolute Gasteiger partial charge is 0.289 e. The number of benzene rings is 1. The van der Waals surface area contributed by atoms with Gasteiger partial charge in [-0.1, -0.05) is 18.2 Å². The first kappa shape index (κ1) is 20.4. The Morgan fingerprint density at radius 1 is 1.29 bits per heavy atom. The second-order valence-corrected chi connectivity index (χ2v) is 7.38. The molecule has 0 saturated carbocycles. The third kappa shape index (κ3) is 3.93. The van der Waals surface area contributed by atoms with Gasteiger partial charge in [0, 0.05) is 24.3 Å². The molecule has 0 bridgehead atoms. The zero-order chi connectivity index (χ0) is 18.8. The Morgan fingerprint density at radius 3 is 2.93 bits per heavy atom. The van der Waals surface area contributed by atoms with Crippen LogP contribution in [0.4, 0.5) is 5.69 Å². The van der Waals surface area contributed by atoms with Crippen LogP contribution in [0.5, 0.6) is 0 Å². The van der Waals surface area contributed by atoms with Gasteiger partial charge in [0.05, 0.1) is 19.2 Å². The number of carbonyl (C=O) groups excluding carboxylic acids is 2. The maximum Gasteiger partial charge on any atom is 0.289 e. The molecule has 1 aromatic carbocycles. The normalized spacial score (nSPS) is 18.8. The lowest BCUT2D eigenvalue weighted by Gasteiger charge is -2.32. The van der Waals surface area contributed by atoms with Gasteiger partial charge in [-0.3, -0.25) is 9.59 Å². The summed E-state index contributed by atoms with van der Waals surface area (Å²) in [6.07, 6.45) is 4.10. The lowest BCUT2D eigenvalue weighted by atomic mass is 9.97. The topological polar surface area (TPSA) is 65.8 Å². The number of furan rings is 1. The molecule has 1 fully saturated rings. The number of amides is 2. The maximum atomic E-state index is 13.0. The van der Waals surface area contributed by atoms with Gasteiger partial charge >= 0.3 is 0 Å². The highest BCUT2D eigenvalue weighted by atomic mass is 35.5. The van der Waals surface area contributed by atoms with E-state index >= 15 is 0 Å². The van der Waals surface area contributed by atoms with Crippen molar-refractivity contribution in [2.45, 2.75) is 25.8 Å². The van der Waals surface area contributed by atoms with Crippen LogP contribution >= 0.6 is 12.4 Å². The summed E-state index contributed by atoms with van der Waals surface area (Å²) in [5, 5.41) is 3.20. The van der Waals surface area contributed by atoms with E-state index in [4.69, 9.17) is 4.42 Å². The van der Waals surface area contributed by atoms with E-state index in [0.717, 1.165) is 49.3 Å². The molecule has 7 heteroatoms. The number of rotatable bonds is 5. The average Bonchev–Trinajstić information content (AvgIpc) is 3.27. The number of nitrogens with one attached hydrogen (secondary N) is 1. The number of anilines is 1. The van der Waals surface area contributed by atoms with Crippen molar-refractivity contribution in [1.82, 2.24) is 10.2 Å². The fraction of sp³-hybridized carbons (Fsp3) is 0.429. The van der Waals surface area contributed by atoms with Crippen molar-refractivity contribution < 1.29 is 14.0 Å². The summed E-state index contributed by atoms with van der Waals surface area (Å²) in [6.45, 7) is 2.77. The van der Waals surface area contributed by atoms with E-state index in [0.29, 0.717) is 24.6 Å². The fourth-order valence-corrected chi connectivity index (χ4v) is 4.16. The molecular formula is C21H26ClN3O3. The SMILES string of the molecule is CNCC1CCCN(C(=O)c2occc2CN2C(=O)Cc3ccccc32)C1.Cl. The highest BCUT2D eigenvalue weighted by molar-refractivity contribution is 6.01. The van der Waals surface area contributed by atoms with E-state index in [1.807, 2.05) is 36.2 Å². The van der Waals surface area contributed by atoms with Crippen LogP contribution in [0.25, 0.3) is 0 Å². The minimum absolute atomic E-state index is 0. The van der Waals surface area contributed by atoms with Crippen LogP contribution in [0.1, 0.15) is 34.5 Å². The molecular weight excluding hydrogens is 378 g/mol. The summed E-state index contributed by atoms with van der Waals surface area (Å²) < 4.78 is 5.56. The first-order valence-electron chi connectivity index (χ1n) is 9.56. The van der Waals surface area contributed by atoms with E-state index in [1.54, 1.807) is 17.2 Å². The summed E-state index contributed by atoms with van der Waals surface area (Å²) in [6, 6.07) is 9.61. The van der Waals surface area contributed by atoms with Crippen LogP contribution in [0.3, 0.4) is 0 Å². The Kier molecular flexibility index (Phi) is 6.42. The quantitative estimate of drug-likeness (QED) is 0.833. The van der Waals surface area contributed by atoms with E-state index in [-0.39, 0.29) is 24.2 Å². The number of hydrogen-bond donors (Lipinski definition) is 1. The standard InChI is InChI=1S/C21H25N3O3.ClH/c1-22-12-15-5-4-9-23(13-15)21(26)20-17(8-10-27-20)14-24-18-7-3-2-6-16(18)11-19(24)25;/h2-3,6-8,10,15,22H,4-5,9,11-14H2,1H3;1H. The van der Waals surface area contributed by atoms with Gasteiger partial charge in [-0.25, -0.2) is 0 Å². The lowest BCUT2D eigenvalue weighted by Crippen LogP contribution is -2.42. The second kappa shape index (κ2) is 8.80. The molecule has 6 nitrogen and oxygen atoms in total. The minimum atomic E-state index is -0.0734. The van der Waals surface area contributed by atoms with Gasteiger partial charge in [-0.2, -0.15) is 0 Å². The number of para-hydroxylation sites is 1. The molecule has 2 aromatic rings. The number of halogens is 1. The molecule has 1 N–H and O–H groups in total. The van der Waals surface area contributed by atoms with Crippen molar-refractivity contribution in [3.63, 3.8) is 0 Å². The molecule has 1 aromatic heterocycles. The summed E-state index contributed by atoms with van der Waals surface area (Å²) >= 11 is 0. The second-order valence-electron chi connectivity index (χ2n) is 7.38. The van der Waals surface area contributed by atoms with Crippen molar-refractivity contribution in [2.24, 2.45) is 5.92 Å². The Bertz CT molecular complexity index is 849. The zero-order valence-electron chi connectivity index (χ0n) is 16.0. The van der Waals surface area contributed by atoms with Gasteiger partial charge in [0.25, 0.3) is 5.91 Å². The van der Waals surface area contributed by atoms with Crippen molar-refractivity contribution >= 4 is 29.9 Å². The first-order chi connectivity index (χ1) is 13.2. The number of nitrogens with zero attached hydrogens (tertiary/aromatic N) is 2. The molecule has 1 atom stereocenters. The molecule has 3 heterocycles. The van der Waals surface area contributed by atoms with E-state index in [1.165, 1.54) is 0 Å². The third-order valence-corrected chi connectivity index (χ3v) is 5.49. The van der Waals surface area contributed by atoms with Crippen molar-refractivity contribution in [3.05, 3.63) is 53.5 Å². The van der Waals surface area contributed by atoms with Gasteiger partial charge in [-0.05, 0) is 50.0 Å². The highest BCUT2D eigenvalue weighted by Crippen LogP contribution is 2.31. The number of likely N-dealkylation sites (tertiary alicyclic amines) is 1. The molecule has 1 saturated heterocycles. The number of piperidine rings is 1. The van der Waals surface area contributed by atoms with Crippen molar-refractivity contribution in [1.29, 1.82) is 0 Å². The molecule has 2 aliphatic heterocycles. The molecule has 2 aliphatic rings. The Balaban J connectivity index is 0.00000225. The fourth-order valence-electron chi connectivity index (χ4n) is 4.16. The molecule has 150 valence electrons. The van der Waals surface area contributed by atoms with Gasteiger partial charge in [0.1, 0.15) is 0 Å². The summed E-state index contributed by atoms with van der Waals surface area (Å²) in [5.74, 6) is 0.814. The Morgan fingerprint density at radius 2 is 2.11 bits per heavy atom. The van der Waals surface area contributed by atoms with Crippen LogP contribution in [-0.4, -0.2) is 43.4 Å². The van der Waals surface area contributed by atoms with Gasteiger partial charge in [0.15, 0.2) is 5.76 Å². The zero-order valence-corrected chi connectivity index (χ0v) is 16.8. The predicted molar refractivity (Wildman–Crippen MR) is 110 cm³/mol. The van der Waals surface area contributed by atoms with Gasteiger partial charge < -0.3 is 19.5 Å². The van der Waals surface area contributed by atoms with Crippen LogP contribution in [0.2, 0.25) is 0 Å². The van der Waals surface area contributed by atoms with Gasteiger partial charge in [0.2, 0.25) is 5.91 Å². The maximum absolute atomic E-state index is 13.0. The number of hydrogen-bond acceptors (Lipinski definition) is 4. The molecule has 2 amide bonds. The highest BCUT2D eigenvalue weighted by Gasteiger charge is 2.31. The largest absolute Gasteiger partial charge is 0.459 e. The van der Waals surface area contributed by atoms with E-state index < -0.39 is 0 Å². The Labute approximate surface area is 171 Å². The van der Waals surface area contributed by atoms with Crippen LogP contribution in [0, 0.1) is 5.92 Å². The monoisotopic (exact) mass is 403 g/mol. The summed E-state index contributed by atoms with van der Waals surface area (Å²) in [7, 11) is 1.94. The lowest BCUT2D eigenvalue weighted by molar-refractivity contribution is -0.117. The predicted octanol–water partition coefficient (Wildman–Crippen LogP) is 2.86. The number of carbonyl (C=O) groups is 2. The summed E-state index contributed by atoms with van der Waals surface area (Å²) in [4.78, 5) is 29.1. The minimum Gasteiger partial charge on any atom is -0.459 e. The van der Waals surface area contributed by atoms with Crippen LogP contribution < -0.4 is 10.2 Å². The molecule has 0 spiro atoms. The average molecular weight is 404 g/mol. The van der Waals surface area contributed by atoms with E-state index in [9.17, 15) is 9.59 Å². The molecule has 4 rings (SSSR count). The van der Waals surface area contributed by atoms with Crippen LogP contribution in [0.15, 0.2) is 41.0 Å². The molecule has 0 aliphatic carbocycles. The van der Waals surface area contributed by atoms with Gasteiger partial charge in [-0.15, -0.1) is 12.4 Å².